The highest BCUT2D eigenvalue weighted by Gasteiger charge is 2.26. The van der Waals surface area contributed by atoms with Gasteiger partial charge in [0.15, 0.2) is 0 Å². The van der Waals surface area contributed by atoms with Crippen LogP contribution < -0.4 is 10.2 Å². The molecule has 1 unspecified atom stereocenters. The van der Waals surface area contributed by atoms with Crippen molar-refractivity contribution in [3.05, 3.63) is 11.4 Å². The van der Waals surface area contributed by atoms with Gasteiger partial charge in [0.05, 0.1) is 0 Å². The molecule has 1 aliphatic heterocycles. The molecular formula is C15H26N4S. The molecule has 4 nitrogen and oxygen atoms in total. The van der Waals surface area contributed by atoms with Crippen molar-refractivity contribution in [3.63, 3.8) is 0 Å². The van der Waals surface area contributed by atoms with Gasteiger partial charge in [-0.15, -0.1) is 0 Å². The lowest BCUT2D eigenvalue weighted by Gasteiger charge is -2.29. The van der Waals surface area contributed by atoms with Crippen molar-refractivity contribution >= 4 is 23.4 Å². The first-order valence-corrected chi connectivity index (χ1v) is 8.37. The maximum Gasteiger partial charge on any atom is 0.138 e. The summed E-state index contributed by atoms with van der Waals surface area (Å²) in [4.78, 5) is 11.9. The van der Waals surface area contributed by atoms with Crippen molar-refractivity contribution < 1.29 is 0 Å². The van der Waals surface area contributed by atoms with Crippen LogP contribution in [-0.2, 0) is 5.41 Å². The van der Waals surface area contributed by atoms with Crippen molar-refractivity contribution in [2.24, 2.45) is 0 Å². The zero-order valence-corrected chi connectivity index (χ0v) is 14.3. The molecule has 0 aliphatic carbocycles. The number of hydrogen-bond acceptors (Lipinski definition) is 5. The van der Waals surface area contributed by atoms with Gasteiger partial charge in [-0.3, -0.25) is 0 Å². The van der Waals surface area contributed by atoms with E-state index < -0.39 is 0 Å². The van der Waals surface area contributed by atoms with Gasteiger partial charge in [0.25, 0.3) is 0 Å². The van der Waals surface area contributed by atoms with Crippen molar-refractivity contribution in [1.82, 2.24) is 9.97 Å². The monoisotopic (exact) mass is 294 g/mol. The van der Waals surface area contributed by atoms with E-state index in [4.69, 9.17) is 4.98 Å². The smallest absolute Gasteiger partial charge is 0.138 e. The van der Waals surface area contributed by atoms with E-state index in [0.29, 0.717) is 6.04 Å². The van der Waals surface area contributed by atoms with Crippen LogP contribution in [0.5, 0.6) is 0 Å². The Morgan fingerprint density at radius 1 is 1.30 bits per heavy atom. The van der Waals surface area contributed by atoms with E-state index in [0.717, 1.165) is 23.0 Å². The van der Waals surface area contributed by atoms with Gasteiger partial charge in [0, 0.05) is 36.9 Å². The molecule has 0 aromatic carbocycles. The Labute approximate surface area is 126 Å². The molecule has 0 spiro atoms. The van der Waals surface area contributed by atoms with E-state index in [-0.39, 0.29) is 5.41 Å². The fraction of sp³-hybridized carbons (Fsp3) is 0.733. The molecule has 1 aromatic rings. The average Bonchev–Trinajstić information content (AvgIpc) is 2.90. The highest BCUT2D eigenvalue weighted by atomic mass is 32.2. The maximum absolute atomic E-state index is 4.86. The molecule has 2 heterocycles. The highest BCUT2D eigenvalue weighted by molar-refractivity contribution is 7.99. The zero-order chi connectivity index (χ0) is 14.9. The van der Waals surface area contributed by atoms with Gasteiger partial charge in [0.2, 0.25) is 0 Å². The van der Waals surface area contributed by atoms with Gasteiger partial charge in [-0.05, 0) is 19.1 Å². The Hall–Kier alpha value is -0.970. The molecule has 2 rings (SSSR count). The highest BCUT2D eigenvalue weighted by Crippen LogP contribution is 2.31. The van der Waals surface area contributed by atoms with E-state index in [1.807, 2.05) is 18.8 Å². The second-order valence-corrected chi connectivity index (χ2v) is 7.62. The number of nitrogens with one attached hydrogen (secondary N) is 1. The largest absolute Gasteiger partial charge is 0.373 e. The third-order valence-electron chi connectivity index (χ3n) is 3.82. The maximum atomic E-state index is 4.86. The third kappa shape index (κ3) is 3.03. The molecule has 1 saturated heterocycles. The first-order chi connectivity index (χ1) is 9.34. The summed E-state index contributed by atoms with van der Waals surface area (Å²) in [6.45, 7) is 8.58. The van der Waals surface area contributed by atoms with Crippen LogP contribution in [0.4, 0.5) is 11.6 Å². The number of rotatable bonds is 3. The minimum atomic E-state index is -0.0423. The quantitative estimate of drug-likeness (QED) is 0.928. The minimum absolute atomic E-state index is 0.0423. The third-order valence-corrected chi connectivity index (χ3v) is 4.96. The van der Waals surface area contributed by atoms with Gasteiger partial charge < -0.3 is 10.2 Å². The van der Waals surface area contributed by atoms with Crippen LogP contribution >= 0.6 is 11.8 Å². The summed E-state index contributed by atoms with van der Waals surface area (Å²) in [6, 6.07) is 0.589. The number of nitrogens with zero attached hydrogens (tertiary/aromatic N) is 3. The molecule has 20 heavy (non-hydrogen) atoms. The Balaban J connectivity index is 2.44. The average molecular weight is 294 g/mol. The van der Waals surface area contributed by atoms with Crippen LogP contribution in [0.2, 0.25) is 0 Å². The van der Waals surface area contributed by atoms with Crippen LogP contribution in [-0.4, -0.2) is 41.6 Å². The zero-order valence-electron chi connectivity index (χ0n) is 13.4. The van der Waals surface area contributed by atoms with Crippen LogP contribution in [0, 0.1) is 6.92 Å². The number of thioether (sulfide) groups is 1. The SMILES string of the molecule is CNc1nc(C(C)(C)C)nc(N(C)C2CCSC2)c1C. The lowest BCUT2D eigenvalue weighted by atomic mass is 9.95. The van der Waals surface area contributed by atoms with Crippen LogP contribution in [0.25, 0.3) is 0 Å². The predicted molar refractivity (Wildman–Crippen MR) is 89.1 cm³/mol. The number of aromatic nitrogens is 2. The molecule has 1 N–H and O–H groups in total. The molecule has 1 aliphatic rings. The fourth-order valence-corrected chi connectivity index (χ4v) is 3.70. The van der Waals surface area contributed by atoms with Crippen molar-refractivity contribution in [3.8, 4) is 0 Å². The molecular weight excluding hydrogens is 268 g/mol. The summed E-state index contributed by atoms with van der Waals surface area (Å²) in [5, 5.41) is 3.21. The second-order valence-electron chi connectivity index (χ2n) is 6.47. The summed E-state index contributed by atoms with van der Waals surface area (Å²) in [6.07, 6.45) is 1.24. The van der Waals surface area contributed by atoms with E-state index in [1.54, 1.807) is 0 Å². The number of hydrogen-bond donors (Lipinski definition) is 1. The first kappa shape index (κ1) is 15.4. The molecule has 1 atom stereocenters. The molecule has 0 saturated carbocycles. The molecule has 112 valence electrons. The second kappa shape index (κ2) is 5.80. The van der Waals surface area contributed by atoms with E-state index in [9.17, 15) is 0 Å². The van der Waals surface area contributed by atoms with Gasteiger partial charge >= 0.3 is 0 Å². The Morgan fingerprint density at radius 2 is 2.00 bits per heavy atom. The Bertz CT molecular complexity index is 475. The lowest BCUT2D eigenvalue weighted by molar-refractivity contribution is 0.543. The van der Waals surface area contributed by atoms with Gasteiger partial charge in [-0.1, -0.05) is 20.8 Å². The van der Waals surface area contributed by atoms with E-state index >= 15 is 0 Å². The van der Waals surface area contributed by atoms with Crippen molar-refractivity contribution in [2.45, 2.75) is 45.6 Å². The van der Waals surface area contributed by atoms with Crippen molar-refractivity contribution in [2.75, 3.05) is 35.8 Å². The van der Waals surface area contributed by atoms with Gasteiger partial charge in [-0.25, -0.2) is 9.97 Å². The molecule has 0 bridgehead atoms. The van der Waals surface area contributed by atoms with E-state index in [1.165, 1.54) is 17.9 Å². The predicted octanol–water partition coefficient (Wildman–Crippen LogP) is 3.07. The van der Waals surface area contributed by atoms with Crippen LogP contribution in [0.15, 0.2) is 0 Å². The van der Waals surface area contributed by atoms with Gasteiger partial charge in [0.1, 0.15) is 17.5 Å². The fourth-order valence-electron chi connectivity index (χ4n) is 2.43. The van der Waals surface area contributed by atoms with E-state index in [2.05, 4.69) is 49.9 Å². The normalized spacial score (nSPS) is 19.2. The summed E-state index contributed by atoms with van der Waals surface area (Å²) in [5.74, 6) is 5.36. The van der Waals surface area contributed by atoms with Crippen LogP contribution in [0.3, 0.4) is 0 Å². The first-order valence-electron chi connectivity index (χ1n) is 7.22. The summed E-state index contributed by atoms with van der Waals surface area (Å²) in [5.41, 5.74) is 1.10. The number of anilines is 2. The summed E-state index contributed by atoms with van der Waals surface area (Å²) < 4.78 is 0. The Morgan fingerprint density at radius 3 is 2.50 bits per heavy atom. The molecule has 1 fully saturated rings. The topological polar surface area (TPSA) is 41.1 Å². The molecule has 0 radical (unpaired) electrons. The minimum Gasteiger partial charge on any atom is -0.373 e. The van der Waals surface area contributed by atoms with Gasteiger partial charge in [-0.2, -0.15) is 11.8 Å². The standard InChI is InChI=1S/C15H26N4S/c1-10-12(16-5)17-14(15(2,3)4)18-13(10)19(6)11-7-8-20-9-11/h11H,7-9H2,1-6H3,(H,16,17,18). The van der Waals surface area contributed by atoms with Crippen LogP contribution in [0.1, 0.15) is 38.6 Å². The molecule has 0 amide bonds. The molecule has 1 aromatic heterocycles. The summed E-state index contributed by atoms with van der Waals surface area (Å²) >= 11 is 2.03. The molecule has 5 heteroatoms. The Kier molecular flexibility index (Phi) is 4.47. The van der Waals surface area contributed by atoms with Crippen molar-refractivity contribution in [1.29, 1.82) is 0 Å². The lowest BCUT2D eigenvalue weighted by Crippen LogP contribution is -2.33. The summed E-state index contributed by atoms with van der Waals surface area (Å²) in [7, 11) is 4.09.